The molecule has 0 bridgehead atoms. The average Bonchev–Trinajstić information content (AvgIpc) is 2.80. The van der Waals surface area contributed by atoms with E-state index in [9.17, 15) is 4.79 Å². The lowest BCUT2D eigenvalue weighted by atomic mass is 9.98. The maximum atomic E-state index is 11.3. The molecule has 3 heteroatoms. The quantitative estimate of drug-likeness (QED) is 0.668. The van der Waals surface area contributed by atoms with Crippen molar-refractivity contribution in [3.05, 3.63) is 59.7 Å². The molecule has 0 aliphatic heterocycles. The summed E-state index contributed by atoms with van der Waals surface area (Å²) in [7, 11) is 0. The van der Waals surface area contributed by atoms with Crippen LogP contribution in [0, 0.1) is 12.5 Å². The molecule has 3 nitrogen and oxygen atoms in total. The fourth-order valence-electron chi connectivity index (χ4n) is 2.69. The number of rotatable bonds is 2. The third-order valence-electron chi connectivity index (χ3n) is 3.52. The van der Waals surface area contributed by atoms with Crippen molar-refractivity contribution in [3.8, 4) is 23.6 Å². The van der Waals surface area contributed by atoms with Gasteiger partial charge in [-0.15, -0.1) is 0 Å². The fourth-order valence-corrected chi connectivity index (χ4v) is 2.69. The first-order chi connectivity index (χ1) is 9.81. The van der Waals surface area contributed by atoms with Gasteiger partial charge in [-0.05, 0) is 22.3 Å². The molecular weight excluding hydrogens is 250 g/mol. The predicted molar refractivity (Wildman–Crippen MR) is 77.0 cm³/mol. The van der Waals surface area contributed by atoms with Gasteiger partial charge in [0.2, 0.25) is 0 Å². The third kappa shape index (κ3) is 2.02. The molecule has 2 aromatic rings. The fraction of sp³-hybridized carbons (Fsp3) is 0.118. The monoisotopic (exact) mass is 263 g/mol. The Balaban J connectivity index is 1.91. The molecule has 0 atom stereocenters. The summed E-state index contributed by atoms with van der Waals surface area (Å²) < 4.78 is 5.19. The molecule has 1 N–H and O–H groups in total. The van der Waals surface area contributed by atoms with Crippen molar-refractivity contribution in [3.63, 3.8) is 0 Å². The van der Waals surface area contributed by atoms with Crippen molar-refractivity contribution in [2.24, 2.45) is 0 Å². The second kappa shape index (κ2) is 5.10. The third-order valence-corrected chi connectivity index (χ3v) is 3.52. The Labute approximate surface area is 117 Å². The summed E-state index contributed by atoms with van der Waals surface area (Å²) in [4.78, 5) is 11.3. The first-order valence-corrected chi connectivity index (χ1v) is 6.38. The zero-order valence-corrected chi connectivity index (χ0v) is 10.8. The minimum Gasteiger partial charge on any atom is -0.448 e. The zero-order chi connectivity index (χ0) is 13.9. The van der Waals surface area contributed by atoms with E-state index in [1.165, 1.54) is 22.3 Å². The highest BCUT2D eigenvalue weighted by molar-refractivity contribution is 5.79. The van der Waals surface area contributed by atoms with Crippen LogP contribution >= 0.6 is 0 Å². The molecule has 20 heavy (non-hydrogen) atoms. The van der Waals surface area contributed by atoms with Gasteiger partial charge < -0.3 is 4.74 Å². The normalized spacial score (nSPS) is 12.2. The molecular formula is C17H13NO2. The van der Waals surface area contributed by atoms with Crippen molar-refractivity contribution in [1.29, 1.82) is 0 Å². The largest absolute Gasteiger partial charge is 0.448 e. The van der Waals surface area contributed by atoms with Crippen LogP contribution < -0.4 is 5.32 Å². The Hall–Kier alpha value is -2.73. The van der Waals surface area contributed by atoms with E-state index in [2.05, 4.69) is 35.6 Å². The summed E-state index contributed by atoms with van der Waals surface area (Å²) in [5.41, 5.74) is 4.77. The van der Waals surface area contributed by atoms with Crippen LogP contribution in [0.1, 0.15) is 17.0 Å². The van der Waals surface area contributed by atoms with E-state index in [0.29, 0.717) is 0 Å². The molecule has 0 saturated heterocycles. The van der Waals surface area contributed by atoms with Crippen LogP contribution in [0.5, 0.6) is 0 Å². The van der Waals surface area contributed by atoms with Crippen molar-refractivity contribution >= 4 is 6.09 Å². The highest BCUT2D eigenvalue weighted by atomic mass is 16.5. The van der Waals surface area contributed by atoms with Crippen LogP contribution in [0.25, 0.3) is 11.1 Å². The van der Waals surface area contributed by atoms with Crippen molar-refractivity contribution in [1.82, 2.24) is 5.32 Å². The predicted octanol–water partition coefficient (Wildman–Crippen LogP) is 3.12. The number of hydrogen-bond acceptors (Lipinski definition) is 2. The van der Waals surface area contributed by atoms with Gasteiger partial charge in [-0.25, -0.2) is 10.1 Å². The molecule has 3 rings (SSSR count). The number of amides is 1. The van der Waals surface area contributed by atoms with E-state index in [0.717, 1.165) is 0 Å². The number of carbonyl (C=O) groups is 1. The SMILES string of the molecule is C#CNC(=O)OCC1c2ccccc2-c2ccccc21. The maximum absolute atomic E-state index is 11.3. The lowest BCUT2D eigenvalue weighted by molar-refractivity contribution is 0.147. The van der Waals surface area contributed by atoms with Gasteiger partial charge in [-0.1, -0.05) is 55.0 Å². The minimum atomic E-state index is -0.589. The Bertz CT molecular complexity index is 655. The van der Waals surface area contributed by atoms with Crippen molar-refractivity contribution in [2.75, 3.05) is 6.61 Å². The molecule has 0 saturated carbocycles. The van der Waals surface area contributed by atoms with Gasteiger partial charge >= 0.3 is 6.09 Å². The van der Waals surface area contributed by atoms with Crippen molar-refractivity contribution < 1.29 is 9.53 Å². The van der Waals surface area contributed by atoms with Gasteiger partial charge in [-0.2, -0.15) is 0 Å². The first kappa shape index (κ1) is 12.3. The van der Waals surface area contributed by atoms with Crippen LogP contribution in [-0.2, 0) is 4.74 Å². The summed E-state index contributed by atoms with van der Waals surface area (Å²) in [6, 6.07) is 18.4. The molecule has 0 fully saturated rings. The molecule has 0 spiro atoms. The van der Waals surface area contributed by atoms with E-state index >= 15 is 0 Å². The van der Waals surface area contributed by atoms with Gasteiger partial charge in [0.15, 0.2) is 0 Å². The lowest BCUT2D eigenvalue weighted by Crippen LogP contribution is -2.21. The Morgan fingerprint density at radius 1 is 1.10 bits per heavy atom. The van der Waals surface area contributed by atoms with Gasteiger partial charge in [0.25, 0.3) is 0 Å². The molecule has 98 valence electrons. The summed E-state index contributed by atoms with van der Waals surface area (Å²) in [5, 5.41) is 2.18. The van der Waals surface area contributed by atoms with E-state index in [-0.39, 0.29) is 12.5 Å². The van der Waals surface area contributed by atoms with Crippen LogP contribution in [0.4, 0.5) is 4.79 Å². The van der Waals surface area contributed by atoms with Crippen LogP contribution in [0.15, 0.2) is 48.5 Å². The first-order valence-electron chi connectivity index (χ1n) is 6.38. The number of nitrogens with one attached hydrogen (secondary N) is 1. The van der Waals surface area contributed by atoms with Gasteiger partial charge in [-0.3, -0.25) is 0 Å². The standard InChI is InChI=1S/C17H13NO2/c1-2-18-17(19)20-11-16-14-9-5-3-7-12(14)13-8-4-6-10-15(13)16/h1,3-10,16H,11H2,(H,18,19). The van der Waals surface area contributed by atoms with Gasteiger partial charge in [0, 0.05) is 12.0 Å². The maximum Gasteiger partial charge on any atom is 0.418 e. The van der Waals surface area contributed by atoms with E-state index < -0.39 is 6.09 Å². The lowest BCUT2D eigenvalue weighted by Gasteiger charge is -2.13. The van der Waals surface area contributed by atoms with Gasteiger partial charge in [0.1, 0.15) is 6.61 Å². The number of alkyl carbamates (subject to hydrolysis) is 1. The average molecular weight is 263 g/mol. The smallest absolute Gasteiger partial charge is 0.418 e. The second-order valence-corrected chi connectivity index (χ2v) is 4.59. The van der Waals surface area contributed by atoms with Crippen LogP contribution in [0.2, 0.25) is 0 Å². The number of ether oxygens (including phenoxy) is 1. The number of hydrogen-bond donors (Lipinski definition) is 1. The topological polar surface area (TPSA) is 38.3 Å². The second-order valence-electron chi connectivity index (χ2n) is 4.59. The molecule has 0 heterocycles. The molecule has 0 unspecified atom stereocenters. The Morgan fingerprint density at radius 2 is 1.65 bits per heavy atom. The Kier molecular flexibility index (Phi) is 3.14. The summed E-state index contributed by atoms with van der Waals surface area (Å²) in [5.74, 6) is 0.0610. The number of fused-ring (bicyclic) bond motifs is 3. The number of benzene rings is 2. The summed E-state index contributed by atoms with van der Waals surface area (Å²) >= 11 is 0. The van der Waals surface area contributed by atoms with E-state index in [1.54, 1.807) is 0 Å². The van der Waals surface area contributed by atoms with E-state index in [4.69, 9.17) is 11.2 Å². The van der Waals surface area contributed by atoms with Crippen molar-refractivity contribution in [2.45, 2.75) is 5.92 Å². The highest BCUT2D eigenvalue weighted by Crippen LogP contribution is 2.44. The minimum absolute atomic E-state index is 0.0610. The molecule has 1 aliphatic carbocycles. The van der Waals surface area contributed by atoms with Crippen LogP contribution in [0.3, 0.4) is 0 Å². The molecule has 1 amide bonds. The summed E-state index contributed by atoms with van der Waals surface area (Å²) in [6.07, 6.45) is 4.42. The number of terminal acetylenes is 1. The van der Waals surface area contributed by atoms with Crippen LogP contribution in [-0.4, -0.2) is 12.7 Å². The Morgan fingerprint density at radius 3 is 2.20 bits per heavy atom. The molecule has 2 aromatic carbocycles. The molecule has 0 aromatic heterocycles. The summed E-state index contributed by atoms with van der Waals surface area (Å²) in [6.45, 7) is 0.279. The van der Waals surface area contributed by atoms with Gasteiger partial charge in [0.05, 0.1) is 0 Å². The molecule has 1 aliphatic rings. The zero-order valence-electron chi connectivity index (χ0n) is 10.8. The highest BCUT2D eigenvalue weighted by Gasteiger charge is 2.28. The van der Waals surface area contributed by atoms with E-state index in [1.807, 2.05) is 24.3 Å². The number of carbonyl (C=O) groups excluding carboxylic acids is 1. The molecule has 0 radical (unpaired) electrons.